The van der Waals surface area contributed by atoms with Crippen LogP contribution in [0, 0.1) is 0 Å². The molecule has 1 N–H and O–H groups in total. The van der Waals surface area contributed by atoms with E-state index in [4.69, 9.17) is 37.8 Å². The third-order valence-corrected chi connectivity index (χ3v) is 3.58. The van der Waals surface area contributed by atoms with E-state index in [2.05, 4.69) is 0 Å². The number of alkyl halides is 3. The molecule has 0 spiro atoms. The summed E-state index contributed by atoms with van der Waals surface area (Å²) in [5.74, 6) is 0.619. The minimum absolute atomic E-state index is 0.0631. The molecule has 0 amide bonds. The van der Waals surface area contributed by atoms with Crippen molar-refractivity contribution in [2.75, 3.05) is 6.61 Å². The van der Waals surface area contributed by atoms with E-state index in [-0.39, 0.29) is 28.9 Å². The van der Waals surface area contributed by atoms with Gasteiger partial charge < -0.3 is 14.6 Å². The van der Waals surface area contributed by atoms with Gasteiger partial charge >= 0.3 is 6.18 Å². The summed E-state index contributed by atoms with van der Waals surface area (Å²) >= 11 is 11.8. The zero-order chi connectivity index (χ0) is 17.9. The highest BCUT2D eigenvalue weighted by atomic mass is 35.5. The Hall–Kier alpha value is -1.63. The monoisotopic (exact) mass is 380 g/mol. The molecule has 2 rings (SSSR count). The summed E-state index contributed by atoms with van der Waals surface area (Å²) in [5.41, 5.74) is -0.864. The lowest BCUT2D eigenvalue weighted by molar-refractivity contribution is -0.137. The Bertz CT molecular complexity index is 720. The highest BCUT2D eigenvalue weighted by Gasteiger charge is 2.31. The Labute approximate surface area is 146 Å². The first-order valence-corrected chi connectivity index (χ1v) is 7.58. The third-order valence-electron chi connectivity index (χ3n) is 2.97. The number of hydrogen-bond acceptors (Lipinski definition) is 3. The lowest BCUT2D eigenvalue weighted by Crippen LogP contribution is -2.16. The molecule has 130 valence electrons. The predicted molar refractivity (Wildman–Crippen MR) is 85.2 cm³/mol. The van der Waals surface area contributed by atoms with Crippen molar-refractivity contribution in [3.8, 4) is 17.2 Å². The van der Waals surface area contributed by atoms with Crippen LogP contribution < -0.4 is 9.47 Å². The van der Waals surface area contributed by atoms with Gasteiger partial charge in [-0.15, -0.1) is 0 Å². The molecule has 1 atom stereocenters. The van der Waals surface area contributed by atoms with Crippen LogP contribution in [0.1, 0.15) is 12.5 Å². The minimum atomic E-state index is -4.48. The highest BCUT2D eigenvalue weighted by Crippen LogP contribution is 2.38. The van der Waals surface area contributed by atoms with Crippen molar-refractivity contribution in [1.29, 1.82) is 0 Å². The van der Waals surface area contributed by atoms with E-state index < -0.39 is 17.8 Å². The molecule has 0 heterocycles. The number of rotatable bonds is 5. The molecule has 3 nitrogen and oxygen atoms in total. The second kappa shape index (κ2) is 7.51. The Morgan fingerprint density at radius 1 is 1.04 bits per heavy atom. The summed E-state index contributed by atoms with van der Waals surface area (Å²) in [7, 11) is 0. The zero-order valence-corrected chi connectivity index (χ0v) is 13.9. The van der Waals surface area contributed by atoms with Gasteiger partial charge in [-0.1, -0.05) is 23.2 Å². The average molecular weight is 381 g/mol. The Kier molecular flexibility index (Phi) is 5.85. The second-order valence-electron chi connectivity index (χ2n) is 4.95. The van der Waals surface area contributed by atoms with Crippen LogP contribution in [-0.4, -0.2) is 17.8 Å². The summed E-state index contributed by atoms with van der Waals surface area (Å²) in [6, 6.07) is 7.29. The first kappa shape index (κ1) is 18.7. The number of hydrogen-bond donors (Lipinski definition) is 1. The third kappa shape index (κ3) is 4.69. The predicted octanol–water partition coefficient (Wildman–Crippen LogP) is 5.56. The molecular weight excluding hydrogens is 368 g/mol. The molecular formula is C16H13Cl2F3O3. The number of halogens is 5. The molecule has 24 heavy (non-hydrogen) atoms. The molecule has 8 heteroatoms. The van der Waals surface area contributed by atoms with Crippen molar-refractivity contribution in [2.24, 2.45) is 0 Å². The molecule has 0 aliphatic rings. The van der Waals surface area contributed by atoms with Crippen molar-refractivity contribution in [3.05, 3.63) is 52.0 Å². The van der Waals surface area contributed by atoms with Gasteiger partial charge in [0.1, 0.15) is 23.4 Å². The van der Waals surface area contributed by atoms with Gasteiger partial charge in [0, 0.05) is 6.07 Å². The molecule has 0 radical (unpaired) electrons. The van der Waals surface area contributed by atoms with Crippen LogP contribution in [0.25, 0.3) is 0 Å². The molecule has 0 aliphatic carbocycles. The van der Waals surface area contributed by atoms with E-state index in [0.717, 1.165) is 18.2 Å². The van der Waals surface area contributed by atoms with Crippen LogP contribution in [0.2, 0.25) is 10.0 Å². The average Bonchev–Trinajstić information content (AvgIpc) is 2.51. The van der Waals surface area contributed by atoms with E-state index >= 15 is 0 Å². The van der Waals surface area contributed by atoms with E-state index in [1.165, 1.54) is 18.2 Å². The fourth-order valence-corrected chi connectivity index (χ4v) is 2.16. The van der Waals surface area contributed by atoms with E-state index in [0.29, 0.717) is 5.02 Å². The maximum Gasteiger partial charge on any atom is 0.416 e. The van der Waals surface area contributed by atoms with Gasteiger partial charge in [0.15, 0.2) is 0 Å². The van der Waals surface area contributed by atoms with Crippen molar-refractivity contribution < 1.29 is 27.8 Å². The summed E-state index contributed by atoms with van der Waals surface area (Å²) in [6.07, 6.45) is -4.96. The highest BCUT2D eigenvalue weighted by molar-refractivity contribution is 6.32. The molecule has 2 aromatic carbocycles. The van der Waals surface area contributed by atoms with Gasteiger partial charge in [0.2, 0.25) is 0 Å². The first-order chi connectivity index (χ1) is 11.2. The van der Waals surface area contributed by atoms with Crippen molar-refractivity contribution in [3.63, 3.8) is 0 Å². The lowest BCUT2D eigenvalue weighted by Gasteiger charge is -2.15. The molecule has 1 unspecified atom stereocenters. The van der Waals surface area contributed by atoms with E-state index in [1.54, 1.807) is 6.92 Å². The topological polar surface area (TPSA) is 38.7 Å². The Morgan fingerprint density at radius 2 is 1.75 bits per heavy atom. The first-order valence-electron chi connectivity index (χ1n) is 6.82. The number of ether oxygens (including phenoxy) is 2. The van der Waals surface area contributed by atoms with Gasteiger partial charge in [-0.05, 0) is 37.3 Å². The van der Waals surface area contributed by atoms with Gasteiger partial charge in [-0.3, -0.25) is 0 Å². The zero-order valence-electron chi connectivity index (χ0n) is 12.4. The lowest BCUT2D eigenvalue weighted by atomic mass is 10.2. The van der Waals surface area contributed by atoms with Gasteiger partial charge in [-0.25, -0.2) is 0 Å². The fraction of sp³-hybridized carbons (Fsp3) is 0.250. The standard InChI is InChI=1S/C16H13Cl2F3O3/c1-9(8-22)23-15-7-11(3-4-12(15)17)24-14-5-2-10(6-13(14)18)16(19,20)21/h2-7,9,22H,8H2,1H3. The normalized spacial score (nSPS) is 12.8. The van der Waals surface area contributed by atoms with Crippen LogP contribution in [0.5, 0.6) is 17.2 Å². The number of aliphatic hydroxyl groups excluding tert-OH is 1. The molecule has 0 saturated carbocycles. The van der Waals surface area contributed by atoms with Crippen LogP contribution in [0.3, 0.4) is 0 Å². The summed E-state index contributed by atoms with van der Waals surface area (Å²) in [4.78, 5) is 0. The largest absolute Gasteiger partial charge is 0.487 e. The maximum atomic E-state index is 12.6. The van der Waals surface area contributed by atoms with Crippen LogP contribution >= 0.6 is 23.2 Å². The van der Waals surface area contributed by atoms with Crippen LogP contribution in [-0.2, 0) is 6.18 Å². The van der Waals surface area contributed by atoms with E-state index in [9.17, 15) is 13.2 Å². The smallest absolute Gasteiger partial charge is 0.416 e. The molecule has 0 saturated heterocycles. The van der Waals surface area contributed by atoms with Crippen molar-refractivity contribution in [1.82, 2.24) is 0 Å². The summed E-state index contributed by atoms with van der Waals surface area (Å²) in [5, 5.41) is 9.14. The molecule has 0 fully saturated rings. The maximum absolute atomic E-state index is 12.6. The van der Waals surface area contributed by atoms with Gasteiger partial charge in [0.05, 0.1) is 22.2 Å². The Morgan fingerprint density at radius 3 is 2.33 bits per heavy atom. The fourth-order valence-electron chi connectivity index (χ4n) is 1.78. The van der Waals surface area contributed by atoms with Gasteiger partial charge in [0.25, 0.3) is 0 Å². The minimum Gasteiger partial charge on any atom is -0.487 e. The molecule has 2 aromatic rings. The molecule has 0 aliphatic heterocycles. The Balaban J connectivity index is 2.24. The number of benzene rings is 2. The number of aliphatic hydroxyl groups is 1. The molecule has 0 bridgehead atoms. The van der Waals surface area contributed by atoms with Crippen LogP contribution in [0.15, 0.2) is 36.4 Å². The van der Waals surface area contributed by atoms with E-state index in [1.807, 2.05) is 0 Å². The van der Waals surface area contributed by atoms with Crippen molar-refractivity contribution in [2.45, 2.75) is 19.2 Å². The van der Waals surface area contributed by atoms with Gasteiger partial charge in [-0.2, -0.15) is 13.2 Å². The van der Waals surface area contributed by atoms with Crippen molar-refractivity contribution >= 4 is 23.2 Å². The van der Waals surface area contributed by atoms with Crippen LogP contribution in [0.4, 0.5) is 13.2 Å². The molecule has 0 aromatic heterocycles. The second-order valence-corrected chi connectivity index (χ2v) is 5.76. The summed E-state index contributed by atoms with van der Waals surface area (Å²) < 4.78 is 48.8. The quantitative estimate of drug-likeness (QED) is 0.737. The summed E-state index contributed by atoms with van der Waals surface area (Å²) in [6.45, 7) is 1.45. The SMILES string of the molecule is CC(CO)Oc1cc(Oc2ccc(C(F)(F)F)cc2Cl)ccc1Cl.